The van der Waals surface area contributed by atoms with Gasteiger partial charge in [-0.3, -0.25) is 0 Å². The first-order valence-corrected chi connectivity index (χ1v) is 5.31. The molecule has 1 N–H and O–H groups in total. The summed E-state index contributed by atoms with van der Waals surface area (Å²) in [5.74, 6) is 0.747. The van der Waals surface area contributed by atoms with E-state index < -0.39 is 6.29 Å². The minimum Gasteiger partial charge on any atom is -0.460 e. The fraction of sp³-hybridized carbons (Fsp3) is 0.143. The lowest BCUT2D eigenvalue weighted by Crippen LogP contribution is -2.13. The molecule has 16 heavy (non-hydrogen) atoms. The number of aryl methyl sites for hydroxylation is 1. The molecule has 0 fully saturated rings. The van der Waals surface area contributed by atoms with Gasteiger partial charge in [0.15, 0.2) is 0 Å². The van der Waals surface area contributed by atoms with Gasteiger partial charge in [0, 0.05) is 11.1 Å². The van der Waals surface area contributed by atoms with Crippen LogP contribution in [0.1, 0.15) is 17.4 Å². The number of para-hydroxylation sites is 1. The average molecular weight is 212 g/mol. The molecule has 1 atom stereocenters. The van der Waals surface area contributed by atoms with Crippen LogP contribution in [0.4, 0.5) is 0 Å². The second-order valence-electron chi connectivity index (χ2n) is 4.01. The summed E-state index contributed by atoms with van der Waals surface area (Å²) < 4.78 is 5.47. The van der Waals surface area contributed by atoms with Gasteiger partial charge >= 0.3 is 0 Å². The van der Waals surface area contributed by atoms with Gasteiger partial charge in [-0.15, -0.1) is 0 Å². The molecule has 0 saturated carbocycles. The summed E-state index contributed by atoms with van der Waals surface area (Å²) in [6.45, 7) is 2.05. The van der Waals surface area contributed by atoms with Crippen molar-refractivity contribution in [2.24, 2.45) is 0 Å². The third kappa shape index (κ3) is 1.24. The molecule has 3 rings (SSSR count). The maximum Gasteiger partial charge on any atom is 0.224 e. The van der Waals surface area contributed by atoms with Crippen molar-refractivity contribution >= 4 is 0 Å². The van der Waals surface area contributed by atoms with E-state index in [1.54, 1.807) is 0 Å². The summed E-state index contributed by atoms with van der Waals surface area (Å²) in [7, 11) is 0. The fourth-order valence-electron chi connectivity index (χ4n) is 2.22. The van der Waals surface area contributed by atoms with Crippen molar-refractivity contribution in [2.45, 2.75) is 13.2 Å². The smallest absolute Gasteiger partial charge is 0.224 e. The average Bonchev–Trinajstić information content (AvgIpc) is 2.30. The maximum absolute atomic E-state index is 9.91. The zero-order valence-electron chi connectivity index (χ0n) is 8.97. The molecule has 2 heteroatoms. The number of aliphatic hydroxyl groups excluding tert-OH is 1. The van der Waals surface area contributed by atoms with E-state index in [2.05, 4.69) is 0 Å². The van der Waals surface area contributed by atoms with Crippen molar-refractivity contribution in [1.29, 1.82) is 0 Å². The summed E-state index contributed by atoms with van der Waals surface area (Å²) in [5.41, 5.74) is 4.16. The molecular weight excluding hydrogens is 200 g/mol. The van der Waals surface area contributed by atoms with Crippen molar-refractivity contribution < 1.29 is 9.84 Å². The van der Waals surface area contributed by atoms with Gasteiger partial charge in [0.05, 0.1) is 0 Å². The molecule has 0 saturated heterocycles. The molecule has 1 aliphatic heterocycles. The number of fused-ring (bicyclic) bond motifs is 3. The first-order chi connectivity index (χ1) is 7.77. The zero-order chi connectivity index (χ0) is 11.1. The van der Waals surface area contributed by atoms with Gasteiger partial charge in [-0.25, -0.2) is 0 Å². The van der Waals surface area contributed by atoms with E-state index in [0.717, 1.165) is 28.0 Å². The molecule has 1 heterocycles. The molecule has 0 bridgehead atoms. The molecule has 0 aromatic heterocycles. The van der Waals surface area contributed by atoms with Crippen molar-refractivity contribution in [3.05, 3.63) is 53.6 Å². The van der Waals surface area contributed by atoms with E-state index in [9.17, 15) is 5.11 Å². The molecule has 2 aromatic rings. The summed E-state index contributed by atoms with van der Waals surface area (Å²) in [6.07, 6.45) is -0.857. The Morgan fingerprint density at radius 2 is 1.88 bits per heavy atom. The van der Waals surface area contributed by atoms with E-state index >= 15 is 0 Å². The van der Waals surface area contributed by atoms with Crippen LogP contribution in [0.2, 0.25) is 0 Å². The van der Waals surface area contributed by atoms with Gasteiger partial charge in [-0.1, -0.05) is 36.4 Å². The van der Waals surface area contributed by atoms with E-state index in [-0.39, 0.29) is 0 Å². The Balaban J connectivity index is 2.35. The lowest BCUT2D eigenvalue weighted by Gasteiger charge is -2.26. The van der Waals surface area contributed by atoms with Crippen LogP contribution in [0.5, 0.6) is 5.75 Å². The fourth-order valence-corrected chi connectivity index (χ4v) is 2.22. The monoisotopic (exact) mass is 212 g/mol. The molecule has 0 amide bonds. The molecular formula is C14H12O2. The Bertz CT molecular complexity index is 546. The predicted molar refractivity (Wildman–Crippen MR) is 62.2 cm³/mol. The van der Waals surface area contributed by atoms with Gasteiger partial charge in [0.1, 0.15) is 5.75 Å². The quantitative estimate of drug-likeness (QED) is 0.727. The van der Waals surface area contributed by atoms with E-state index in [1.165, 1.54) is 0 Å². The lowest BCUT2D eigenvalue weighted by molar-refractivity contribution is -0.0213. The predicted octanol–water partition coefficient (Wildman–Crippen LogP) is 3.05. The standard InChI is InChI=1S/C14H12O2/c1-9-5-4-7-11-13(9)10-6-2-3-8-12(10)16-14(11)15/h2-8,14-15H,1H3. The summed E-state index contributed by atoms with van der Waals surface area (Å²) in [5, 5.41) is 9.91. The number of ether oxygens (including phenoxy) is 1. The Hall–Kier alpha value is -1.80. The van der Waals surface area contributed by atoms with Crippen LogP contribution in [0.3, 0.4) is 0 Å². The Morgan fingerprint density at radius 3 is 2.75 bits per heavy atom. The SMILES string of the molecule is Cc1cccc2c1-c1ccccc1OC2O. The second kappa shape index (κ2) is 3.35. The van der Waals surface area contributed by atoms with Gasteiger partial charge in [-0.2, -0.15) is 0 Å². The number of aliphatic hydroxyl groups is 1. The minimum atomic E-state index is -0.857. The van der Waals surface area contributed by atoms with Crippen LogP contribution in [-0.4, -0.2) is 5.11 Å². The largest absolute Gasteiger partial charge is 0.460 e. The van der Waals surface area contributed by atoms with E-state index in [0.29, 0.717) is 0 Å². The minimum absolute atomic E-state index is 0.747. The van der Waals surface area contributed by atoms with E-state index in [4.69, 9.17) is 4.74 Å². The molecule has 1 unspecified atom stereocenters. The van der Waals surface area contributed by atoms with Crippen LogP contribution < -0.4 is 4.74 Å². The number of hydrogen-bond acceptors (Lipinski definition) is 2. The third-order valence-corrected chi connectivity index (χ3v) is 2.97. The topological polar surface area (TPSA) is 29.5 Å². The maximum atomic E-state index is 9.91. The number of rotatable bonds is 0. The highest BCUT2D eigenvalue weighted by atomic mass is 16.6. The van der Waals surface area contributed by atoms with Gasteiger partial charge < -0.3 is 9.84 Å². The molecule has 0 radical (unpaired) electrons. The zero-order valence-corrected chi connectivity index (χ0v) is 8.97. The molecule has 2 aromatic carbocycles. The molecule has 2 nitrogen and oxygen atoms in total. The van der Waals surface area contributed by atoms with Crippen LogP contribution in [0, 0.1) is 6.92 Å². The Morgan fingerprint density at radius 1 is 1.06 bits per heavy atom. The first-order valence-electron chi connectivity index (χ1n) is 5.31. The van der Waals surface area contributed by atoms with Gasteiger partial charge in [-0.05, 0) is 24.1 Å². The summed E-state index contributed by atoms with van der Waals surface area (Å²) in [4.78, 5) is 0. The van der Waals surface area contributed by atoms with Crippen molar-refractivity contribution in [2.75, 3.05) is 0 Å². The normalized spacial score (nSPS) is 17.2. The van der Waals surface area contributed by atoms with Crippen LogP contribution in [0.25, 0.3) is 11.1 Å². The van der Waals surface area contributed by atoms with Crippen LogP contribution in [-0.2, 0) is 0 Å². The Kier molecular flexibility index (Phi) is 1.98. The highest BCUT2D eigenvalue weighted by Crippen LogP contribution is 2.42. The highest BCUT2D eigenvalue weighted by Gasteiger charge is 2.24. The molecule has 0 aliphatic carbocycles. The first kappa shape index (κ1) is 9.43. The summed E-state index contributed by atoms with van der Waals surface area (Å²) >= 11 is 0. The van der Waals surface area contributed by atoms with Crippen LogP contribution >= 0.6 is 0 Å². The number of hydrogen-bond donors (Lipinski definition) is 1. The van der Waals surface area contributed by atoms with Crippen molar-refractivity contribution in [3.63, 3.8) is 0 Å². The second-order valence-corrected chi connectivity index (χ2v) is 4.01. The highest BCUT2D eigenvalue weighted by molar-refractivity contribution is 5.78. The lowest BCUT2D eigenvalue weighted by atomic mass is 9.92. The summed E-state index contributed by atoms with van der Waals surface area (Å²) in [6, 6.07) is 13.7. The van der Waals surface area contributed by atoms with Crippen LogP contribution in [0.15, 0.2) is 42.5 Å². The van der Waals surface area contributed by atoms with Crippen molar-refractivity contribution in [3.8, 4) is 16.9 Å². The molecule has 0 spiro atoms. The van der Waals surface area contributed by atoms with Crippen molar-refractivity contribution in [1.82, 2.24) is 0 Å². The van der Waals surface area contributed by atoms with Gasteiger partial charge in [0.25, 0.3) is 0 Å². The molecule has 1 aliphatic rings. The van der Waals surface area contributed by atoms with E-state index in [1.807, 2.05) is 49.4 Å². The third-order valence-electron chi connectivity index (χ3n) is 2.97. The number of benzene rings is 2. The van der Waals surface area contributed by atoms with Gasteiger partial charge in [0.2, 0.25) is 6.29 Å². The Labute approximate surface area is 94.1 Å². The molecule has 80 valence electrons.